The standard InChI is InChI=1S/C20H18BrN3O3S/c1-14-7-6-8-15(13-14)28(26,27)24-19-12-5-4-11-18(19)23-20(25)22-17-10-3-2-9-16(17)21/h2-13,24H,1H3,(H2,22,23,25). The van der Waals surface area contributed by atoms with Gasteiger partial charge in [0.2, 0.25) is 0 Å². The lowest BCUT2D eigenvalue weighted by Gasteiger charge is -2.14. The van der Waals surface area contributed by atoms with Gasteiger partial charge in [-0.25, -0.2) is 13.2 Å². The normalized spacial score (nSPS) is 10.9. The Kier molecular flexibility index (Phi) is 6.01. The maximum absolute atomic E-state index is 12.7. The fraction of sp³-hybridized carbons (Fsp3) is 0.0500. The third-order valence-electron chi connectivity index (χ3n) is 3.84. The topological polar surface area (TPSA) is 87.3 Å². The molecule has 2 amide bonds. The van der Waals surface area contributed by atoms with Crippen molar-refractivity contribution in [3.8, 4) is 0 Å². The Bertz CT molecular complexity index is 1120. The first-order valence-corrected chi connectivity index (χ1v) is 10.6. The number of urea groups is 1. The van der Waals surface area contributed by atoms with Crippen molar-refractivity contribution in [2.75, 3.05) is 15.4 Å². The molecule has 0 saturated heterocycles. The highest BCUT2D eigenvalue weighted by Crippen LogP contribution is 2.26. The highest BCUT2D eigenvalue weighted by atomic mass is 79.9. The Morgan fingerprint density at radius 3 is 2.11 bits per heavy atom. The summed E-state index contributed by atoms with van der Waals surface area (Å²) in [5, 5.41) is 5.39. The lowest BCUT2D eigenvalue weighted by atomic mass is 10.2. The number of aryl methyl sites for hydroxylation is 1. The first-order chi connectivity index (χ1) is 13.3. The van der Waals surface area contributed by atoms with Crippen LogP contribution in [0, 0.1) is 6.92 Å². The molecule has 0 saturated carbocycles. The van der Waals surface area contributed by atoms with Crippen LogP contribution in [0.2, 0.25) is 0 Å². The van der Waals surface area contributed by atoms with Gasteiger partial charge in [-0.3, -0.25) is 4.72 Å². The maximum atomic E-state index is 12.7. The van der Waals surface area contributed by atoms with Crippen molar-refractivity contribution < 1.29 is 13.2 Å². The van der Waals surface area contributed by atoms with Crippen LogP contribution in [-0.4, -0.2) is 14.4 Å². The summed E-state index contributed by atoms with van der Waals surface area (Å²) >= 11 is 3.36. The van der Waals surface area contributed by atoms with Crippen molar-refractivity contribution in [1.29, 1.82) is 0 Å². The number of rotatable bonds is 5. The van der Waals surface area contributed by atoms with E-state index in [0.29, 0.717) is 11.4 Å². The minimum absolute atomic E-state index is 0.153. The summed E-state index contributed by atoms with van der Waals surface area (Å²) < 4.78 is 28.6. The predicted molar refractivity (Wildman–Crippen MR) is 115 cm³/mol. The van der Waals surface area contributed by atoms with Gasteiger partial charge in [0.05, 0.1) is 22.0 Å². The minimum Gasteiger partial charge on any atom is -0.307 e. The Balaban J connectivity index is 1.80. The van der Waals surface area contributed by atoms with Gasteiger partial charge in [-0.2, -0.15) is 0 Å². The summed E-state index contributed by atoms with van der Waals surface area (Å²) in [5.74, 6) is 0. The lowest BCUT2D eigenvalue weighted by Crippen LogP contribution is -2.21. The summed E-state index contributed by atoms with van der Waals surface area (Å²) in [4.78, 5) is 12.5. The highest BCUT2D eigenvalue weighted by molar-refractivity contribution is 9.10. The molecule has 0 radical (unpaired) electrons. The minimum atomic E-state index is -3.79. The number of benzene rings is 3. The quantitative estimate of drug-likeness (QED) is 0.489. The Hall–Kier alpha value is -2.84. The van der Waals surface area contributed by atoms with E-state index in [-0.39, 0.29) is 10.6 Å². The highest BCUT2D eigenvalue weighted by Gasteiger charge is 2.17. The van der Waals surface area contributed by atoms with Crippen molar-refractivity contribution >= 4 is 49.0 Å². The number of para-hydroxylation sites is 3. The van der Waals surface area contributed by atoms with E-state index in [0.717, 1.165) is 10.0 Å². The average molecular weight is 460 g/mol. The number of amides is 2. The molecule has 3 aromatic rings. The number of carbonyl (C=O) groups is 1. The fourth-order valence-electron chi connectivity index (χ4n) is 2.51. The van der Waals surface area contributed by atoms with Crippen LogP contribution < -0.4 is 15.4 Å². The largest absolute Gasteiger partial charge is 0.323 e. The Labute approximate surface area is 172 Å². The third kappa shape index (κ3) is 4.90. The first-order valence-electron chi connectivity index (χ1n) is 8.36. The van der Waals surface area contributed by atoms with Crippen LogP contribution in [0.4, 0.5) is 21.9 Å². The van der Waals surface area contributed by atoms with Crippen molar-refractivity contribution in [3.63, 3.8) is 0 Å². The predicted octanol–water partition coefficient (Wildman–Crippen LogP) is 5.20. The van der Waals surface area contributed by atoms with Crippen molar-refractivity contribution in [2.24, 2.45) is 0 Å². The van der Waals surface area contributed by atoms with E-state index in [1.54, 1.807) is 54.6 Å². The second-order valence-electron chi connectivity index (χ2n) is 6.03. The van der Waals surface area contributed by atoms with Crippen molar-refractivity contribution in [1.82, 2.24) is 0 Å². The molecular formula is C20H18BrN3O3S. The molecule has 0 aromatic heterocycles. The number of anilines is 3. The van der Waals surface area contributed by atoms with Gasteiger partial charge in [-0.15, -0.1) is 0 Å². The summed E-state index contributed by atoms with van der Waals surface area (Å²) in [6.45, 7) is 1.82. The van der Waals surface area contributed by atoms with E-state index in [1.165, 1.54) is 6.07 Å². The molecule has 28 heavy (non-hydrogen) atoms. The molecule has 0 aliphatic heterocycles. The van der Waals surface area contributed by atoms with Crippen LogP contribution in [0.5, 0.6) is 0 Å². The SMILES string of the molecule is Cc1cccc(S(=O)(=O)Nc2ccccc2NC(=O)Nc2ccccc2Br)c1. The zero-order valence-corrected chi connectivity index (χ0v) is 17.3. The Morgan fingerprint density at radius 2 is 1.43 bits per heavy atom. The number of hydrogen-bond donors (Lipinski definition) is 3. The molecule has 0 heterocycles. The molecule has 8 heteroatoms. The van der Waals surface area contributed by atoms with Crippen molar-refractivity contribution in [3.05, 3.63) is 82.8 Å². The van der Waals surface area contributed by atoms with E-state index in [1.807, 2.05) is 19.1 Å². The molecule has 3 rings (SSSR count). The molecule has 3 aromatic carbocycles. The third-order valence-corrected chi connectivity index (χ3v) is 5.90. The molecule has 0 spiro atoms. The summed E-state index contributed by atoms with van der Waals surface area (Å²) in [5.41, 5.74) is 2.04. The van der Waals surface area contributed by atoms with Crippen LogP contribution in [0.25, 0.3) is 0 Å². The molecule has 6 nitrogen and oxygen atoms in total. The van der Waals surface area contributed by atoms with E-state index >= 15 is 0 Å². The van der Waals surface area contributed by atoms with Crippen LogP contribution in [-0.2, 0) is 10.0 Å². The second kappa shape index (κ2) is 8.45. The number of carbonyl (C=O) groups excluding carboxylic acids is 1. The van der Waals surface area contributed by atoms with Gasteiger partial charge >= 0.3 is 6.03 Å². The molecule has 0 aliphatic carbocycles. The summed E-state index contributed by atoms with van der Waals surface area (Å²) in [7, 11) is -3.79. The zero-order chi connectivity index (χ0) is 20.1. The summed E-state index contributed by atoms with van der Waals surface area (Å²) in [6, 6.07) is 19.9. The number of nitrogens with one attached hydrogen (secondary N) is 3. The van der Waals surface area contributed by atoms with Crippen molar-refractivity contribution in [2.45, 2.75) is 11.8 Å². The monoisotopic (exact) mass is 459 g/mol. The maximum Gasteiger partial charge on any atom is 0.323 e. The lowest BCUT2D eigenvalue weighted by molar-refractivity contribution is 0.262. The van der Waals surface area contributed by atoms with Gasteiger partial charge < -0.3 is 10.6 Å². The van der Waals surface area contributed by atoms with Gasteiger partial charge in [0, 0.05) is 4.47 Å². The molecule has 144 valence electrons. The average Bonchev–Trinajstić information content (AvgIpc) is 2.65. The molecule has 3 N–H and O–H groups in total. The van der Waals surface area contributed by atoms with Gasteiger partial charge in [0.1, 0.15) is 0 Å². The zero-order valence-electron chi connectivity index (χ0n) is 14.9. The van der Waals surface area contributed by atoms with Crippen LogP contribution in [0.15, 0.2) is 82.2 Å². The smallest absolute Gasteiger partial charge is 0.307 e. The molecule has 0 atom stereocenters. The van der Waals surface area contributed by atoms with Gasteiger partial charge in [0.25, 0.3) is 10.0 Å². The first kappa shape index (κ1) is 19.9. The van der Waals surface area contributed by atoms with Gasteiger partial charge in [0.15, 0.2) is 0 Å². The fourth-order valence-corrected chi connectivity index (χ4v) is 4.07. The van der Waals surface area contributed by atoms with Crippen LogP contribution in [0.3, 0.4) is 0 Å². The molecule has 0 bridgehead atoms. The molecular weight excluding hydrogens is 442 g/mol. The van der Waals surface area contributed by atoms with Gasteiger partial charge in [-0.05, 0) is 64.8 Å². The van der Waals surface area contributed by atoms with E-state index in [2.05, 4.69) is 31.3 Å². The van der Waals surface area contributed by atoms with E-state index in [4.69, 9.17) is 0 Å². The van der Waals surface area contributed by atoms with E-state index < -0.39 is 16.1 Å². The second-order valence-corrected chi connectivity index (χ2v) is 8.56. The molecule has 0 fully saturated rings. The number of hydrogen-bond acceptors (Lipinski definition) is 3. The van der Waals surface area contributed by atoms with Gasteiger partial charge in [-0.1, -0.05) is 36.4 Å². The summed E-state index contributed by atoms with van der Waals surface area (Å²) in [6.07, 6.45) is 0. The molecule has 0 unspecified atom stereocenters. The Morgan fingerprint density at radius 1 is 0.821 bits per heavy atom. The number of halogens is 1. The number of sulfonamides is 1. The van der Waals surface area contributed by atoms with Crippen LogP contribution in [0.1, 0.15) is 5.56 Å². The molecule has 0 aliphatic rings. The van der Waals surface area contributed by atoms with E-state index in [9.17, 15) is 13.2 Å². The van der Waals surface area contributed by atoms with Crippen LogP contribution >= 0.6 is 15.9 Å².